The lowest BCUT2D eigenvalue weighted by atomic mass is 9.62. The average molecular weight is 771 g/mol. The molecule has 1 saturated carbocycles. The van der Waals surface area contributed by atoms with Gasteiger partial charge in [0.2, 0.25) is 0 Å². The molecule has 286 valence electrons. The molecule has 58 heavy (non-hydrogen) atoms. The minimum Gasteiger partial charge on any atom is -0.358 e. The van der Waals surface area contributed by atoms with Gasteiger partial charge in [-0.3, -0.25) is 5.32 Å². The van der Waals surface area contributed by atoms with E-state index in [-0.39, 0.29) is 23.0 Å². The first-order chi connectivity index (χ1) is 28.5. The number of rotatable bonds is 4. The highest BCUT2D eigenvalue weighted by molar-refractivity contribution is 7.23. The fourth-order valence-electron chi connectivity index (χ4n) is 12.3. The number of benzene rings is 5. The van der Waals surface area contributed by atoms with Crippen LogP contribution in [0.1, 0.15) is 110 Å². The van der Waals surface area contributed by atoms with Gasteiger partial charge in [-0.25, -0.2) is 0 Å². The predicted molar refractivity (Wildman–Crippen MR) is 244 cm³/mol. The highest BCUT2D eigenvalue weighted by Gasteiger charge is 2.54. The van der Waals surface area contributed by atoms with Gasteiger partial charge in [-0.1, -0.05) is 167 Å². The zero-order chi connectivity index (χ0) is 38.6. The van der Waals surface area contributed by atoms with E-state index in [1.54, 1.807) is 11.1 Å². The monoisotopic (exact) mass is 770 g/mol. The van der Waals surface area contributed by atoms with Crippen LogP contribution >= 0.6 is 11.3 Å². The van der Waals surface area contributed by atoms with Gasteiger partial charge in [0.15, 0.2) is 0 Å². The molecule has 4 unspecified atom stereocenters. The van der Waals surface area contributed by atoms with Gasteiger partial charge >= 0.3 is 0 Å². The van der Waals surface area contributed by atoms with Crippen LogP contribution in [-0.4, -0.2) is 6.17 Å². The predicted octanol–water partition coefficient (Wildman–Crippen LogP) is 14.0. The fraction of sp³-hybridized carbons (Fsp3) is 0.273. The van der Waals surface area contributed by atoms with Crippen LogP contribution in [0.3, 0.4) is 0 Å². The Bertz CT molecular complexity index is 2770. The van der Waals surface area contributed by atoms with Gasteiger partial charge in [-0.05, 0) is 116 Å². The molecular weight excluding hydrogens is 721 g/mol. The van der Waals surface area contributed by atoms with Crippen molar-refractivity contribution in [2.24, 2.45) is 5.92 Å². The van der Waals surface area contributed by atoms with Crippen LogP contribution < -0.4 is 10.6 Å². The molecule has 5 aliphatic carbocycles. The summed E-state index contributed by atoms with van der Waals surface area (Å²) in [4.78, 5) is 0. The Morgan fingerprint density at radius 2 is 1.47 bits per heavy atom. The van der Waals surface area contributed by atoms with Crippen molar-refractivity contribution in [1.29, 1.82) is 0 Å². The zero-order valence-corrected chi connectivity index (χ0v) is 34.3. The normalized spacial score (nSPS) is 24.7. The standard InChI is InChI=1S/C55H50N2S/c1-54(2)45-23-14-21-39(49(45)43-33-47-42(32-46(43)54)40-19-7-9-22-44(40)55(47)29-11-4-12-30-55)38-18-13-17-37(31-38)34-25-27-36(28-26-34)52-56-51(35-15-5-3-6-16-35)50-41-20-8-10-24-48(41)58-53(50)57-52/h3,5-10,13-25,27,31-33,42,47,51-52,56-57H,4,11-12,26,28-30H2,1-2H3. The number of nitrogens with one attached hydrogen (secondary N) is 2. The van der Waals surface area contributed by atoms with E-state index in [1.807, 2.05) is 11.3 Å². The maximum absolute atomic E-state index is 4.04. The molecule has 5 aromatic carbocycles. The summed E-state index contributed by atoms with van der Waals surface area (Å²) >= 11 is 1.88. The van der Waals surface area contributed by atoms with E-state index in [0.717, 1.165) is 12.8 Å². The van der Waals surface area contributed by atoms with E-state index >= 15 is 0 Å². The van der Waals surface area contributed by atoms with Crippen molar-refractivity contribution in [3.05, 3.63) is 196 Å². The quantitative estimate of drug-likeness (QED) is 0.187. The lowest BCUT2D eigenvalue weighted by molar-refractivity contribution is 0.233. The summed E-state index contributed by atoms with van der Waals surface area (Å²) in [7, 11) is 0. The maximum Gasteiger partial charge on any atom is 0.101 e. The molecule has 1 fully saturated rings. The Hall–Kier alpha value is -5.22. The van der Waals surface area contributed by atoms with E-state index in [9.17, 15) is 0 Å². The highest BCUT2D eigenvalue weighted by Crippen LogP contribution is 2.64. The van der Waals surface area contributed by atoms with E-state index in [1.165, 1.54) is 108 Å². The van der Waals surface area contributed by atoms with Crippen molar-refractivity contribution < 1.29 is 0 Å². The van der Waals surface area contributed by atoms with Crippen molar-refractivity contribution >= 4 is 37.6 Å². The molecule has 1 aromatic heterocycles. The van der Waals surface area contributed by atoms with Crippen LogP contribution in [0, 0.1) is 5.92 Å². The molecular formula is C55H50N2S. The van der Waals surface area contributed by atoms with Crippen LogP contribution in [0.5, 0.6) is 0 Å². The van der Waals surface area contributed by atoms with Crippen LogP contribution in [-0.2, 0) is 10.8 Å². The lowest BCUT2D eigenvalue weighted by Gasteiger charge is -2.42. The third-order valence-electron chi connectivity index (χ3n) is 15.1. The van der Waals surface area contributed by atoms with Gasteiger partial charge < -0.3 is 5.32 Å². The van der Waals surface area contributed by atoms with Crippen LogP contribution in [0.4, 0.5) is 5.00 Å². The molecule has 0 bridgehead atoms. The third-order valence-corrected chi connectivity index (χ3v) is 16.2. The summed E-state index contributed by atoms with van der Waals surface area (Å²) in [5, 5.41) is 10.6. The summed E-state index contributed by atoms with van der Waals surface area (Å²) in [6, 6.07) is 46.0. The minimum absolute atomic E-state index is 0.0403. The molecule has 0 saturated heterocycles. The second kappa shape index (κ2) is 13.1. The first-order valence-corrected chi connectivity index (χ1v) is 22.6. The Labute approximate surface area is 347 Å². The topological polar surface area (TPSA) is 24.1 Å². The maximum atomic E-state index is 4.04. The SMILES string of the molecule is CC1(C)C2=CC3c4ccccc4C4(CCCCC4)C3C=C2c2c(-c3cccc(C4=CC=C(C5Nc6sc7ccccc7c6C(c6ccccc6)N5)CC4)c3)cccc21. The molecule has 2 N–H and O–H groups in total. The highest BCUT2D eigenvalue weighted by atomic mass is 32.1. The van der Waals surface area contributed by atoms with Crippen molar-refractivity contribution in [2.75, 3.05) is 5.32 Å². The molecule has 3 heteroatoms. The van der Waals surface area contributed by atoms with Crippen molar-refractivity contribution in [2.45, 2.75) is 87.7 Å². The van der Waals surface area contributed by atoms with E-state index in [4.69, 9.17) is 0 Å². The zero-order valence-electron chi connectivity index (χ0n) is 33.5. The van der Waals surface area contributed by atoms with Crippen LogP contribution in [0.15, 0.2) is 157 Å². The molecule has 2 heterocycles. The Morgan fingerprint density at radius 3 is 2.33 bits per heavy atom. The van der Waals surface area contributed by atoms with Gasteiger partial charge in [-0.2, -0.15) is 0 Å². The van der Waals surface area contributed by atoms with Crippen molar-refractivity contribution in [3.8, 4) is 11.1 Å². The molecule has 0 amide bonds. The number of hydrogen-bond donors (Lipinski definition) is 2. The lowest BCUT2D eigenvalue weighted by Crippen LogP contribution is -2.44. The van der Waals surface area contributed by atoms with Gasteiger partial charge in [0.25, 0.3) is 0 Å². The molecule has 0 radical (unpaired) electrons. The largest absolute Gasteiger partial charge is 0.358 e. The minimum atomic E-state index is -0.0403. The number of thiophene rings is 1. The van der Waals surface area contributed by atoms with Crippen LogP contribution in [0.25, 0.3) is 32.4 Å². The smallest absolute Gasteiger partial charge is 0.101 e. The summed E-state index contributed by atoms with van der Waals surface area (Å²) in [6.07, 6.45) is 19.1. The molecule has 6 aromatic rings. The first-order valence-electron chi connectivity index (χ1n) is 21.8. The number of fused-ring (bicyclic) bond motifs is 11. The summed E-state index contributed by atoms with van der Waals surface area (Å²) in [5.41, 5.74) is 19.0. The Kier molecular flexibility index (Phi) is 7.88. The number of allylic oxidation sites excluding steroid dienone is 7. The van der Waals surface area contributed by atoms with Gasteiger partial charge in [-0.15, -0.1) is 11.3 Å². The summed E-state index contributed by atoms with van der Waals surface area (Å²) in [5.74, 6) is 1.000. The van der Waals surface area contributed by atoms with Crippen LogP contribution in [0.2, 0.25) is 0 Å². The number of anilines is 1. The van der Waals surface area contributed by atoms with Gasteiger partial charge in [0.05, 0.1) is 11.0 Å². The third kappa shape index (κ3) is 5.12. The summed E-state index contributed by atoms with van der Waals surface area (Å²) in [6.45, 7) is 4.93. The fourth-order valence-corrected chi connectivity index (χ4v) is 13.4. The van der Waals surface area contributed by atoms with E-state index < -0.39 is 0 Å². The Morgan fingerprint density at radius 1 is 0.690 bits per heavy atom. The molecule has 2 nitrogen and oxygen atoms in total. The molecule has 6 aliphatic rings. The van der Waals surface area contributed by atoms with Crippen molar-refractivity contribution in [1.82, 2.24) is 5.32 Å². The second-order valence-electron chi connectivity index (χ2n) is 18.3. The summed E-state index contributed by atoms with van der Waals surface area (Å²) < 4.78 is 1.34. The Balaban J connectivity index is 0.887. The second-order valence-corrected chi connectivity index (χ2v) is 19.4. The first kappa shape index (κ1) is 34.8. The average Bonchev–Trinajstić information content (AvgIpc) is 3.86. The van der Waals surface area contributed by atoms with Gasteiger partial charge in [0.1, 0.15) is 6.17 Å². The molecule has 12 rings (SSSR count). The van der Waals surface area contributed by atoms with Gasteiger partial charge in [0, 0.05) is 27.0 Å². The molecule has 4 atom stereocenters. The van der Waals surface area contributed by atoms with Crippen molar-refractivity contribution in [3.63, 3.8) is 0 Å². The molecule has 1 spiro atoms. The van der Waals surface area contributed by atoms with E-state index in [0.29, 0.717) is 11.8 Å². The molecule has 1 aliphatic heterocycles. The van der Waals surface area contributed by atoms with E-state index in [2.05, 4.69) is 170 Å². The number of hydrogen-bond acceptors (Lipinski definition) is 3.